The largest absolute Gasteiger partial charge is 0.491 e. The smallest absolute Gasteiger partial charge is 0.219 e. The van der Waals surface area contributed by atoms with E-state index < -0.39 is 12.2 Å². The molecule has 1 aliphatic heterocycles. The molecule has 1 heterocycles. The predicted molar refractivity (Wildman–Crippen MR) is 88.4 cm³/mol. The van der Waals surface area contributed by atoms with E-state index in [1.54, 1.807) is 11.8 Å². The monoisotopic (exact) mass is 321 g/mol. The Bertz CT molecular complexity index is 506. The highest BCUT2D eigenvalue weighted by molar-refractivity contribution is 5.73. The first-order valence-electron chi connectivity index (χ1n) is 8.40. The van der Waals surface area contributed by atoms with Gasteiger partial charge in [-0.15, -0.1) is 0 Å². The molecule has 0 aromatic heterocycles. The van der Waals surface area contributed by atoms with Crippen LogP contribution in [0.1, 0.15) is 38.2 Å². The Morgan fingerprint density at radius 1 is 1.13 bits per heavy atom. The summed E-state index contributed by atoms with van der Waals surface area (Å²) in [5.41, 5.74) is 1.12. The maximum Gasteiger partial charge on any atom is 0.219 e. The minimum Gasteiger partial charge on any atom is -0.491 e. The van der Waals surface area contributed by atoms with E-state index in [0.717, 1.165) is 37.0 Å². The van der Waals surface area contributed by atoms with Crippen molar-refractivity contribution in [3.63, 3.8) is 0 Å². The highest BCUT2D eigenvalue weighted by Gasteiger charge is 2.20. The van der Waals surface area contributed by atoms with Gasteiger partial charge in [-0.1, -0.05) is 24.6 Å². The fourth-order valence-electron chi connectivity index (χ4n) is 2.84. The van der Waals surface area contributed by atoms with Crippen molar-refractivity contribution in [2.45, 2.75) is 51.2 Å². The van der Waals surface area contributed by atoms with E-state index in [9.17, 15) is 15.0 Å². The molecule has 1 aromatic carbocycles. The van der Waals surface area contributed by atoms with Crippen molar-refractivity contribution in [3.05, 3.63) is 29.8 Å². The normalized spacial score (nSPS) is 24.2. The maximum absolute atomic E-state index is 11.6. The minimum atomic E-state index is -0.959. The van der Waals surface area contributed by atoms with E-state index in [1.165, 1.54) is 0 Å². The standard InChI is InChI=1S/C18H27NO4/c1-14(20)19-11-6-2-3-7-15-8-4-5-9-18(15)23-13-17(22)16(21)10-12-19/h4-5,8-9,16-17,21-22H,2-3,6-7,10-13H2,1H3/t16-,17+/m0/s1. The summed E-state index contributed by atoms with van der Waals surface area (Å²) in [5, 5.41) is 20.1. The molecule has 0 radical (unpaired) electrons. The summed E-state index contributed by atoms with van der Waals surface area (Å²) in [5.74, 6) is 0.793. The average molecular weight is 321 g/mol. The van der Waals surface area contributed by atoms with E-state index in [0.29, 0.717) is 19.5 Å². The van der Waals surface area contributed by atoms with Crippen LogP contribution in [0.2, 0.25) is 0 Å². The Kier molecular flexibility index (Phi) is 6.86. The van der Waals surface area contributed by atoms with Crippen molar-refractivity contribution < 1.29 is 19.7 Å². The summed E-state index contributed by atoms with van der Waals surface area (Å²) in [7, 11) is 0. The van der Waals surface area contributed by atoms with Gasteiger partial charge in [0, 0.05) is 20.0 Å². The Morgan fingerprint density at radius 3 is 2.70 bits per heavy atom. The van der Waals surface area contributed by atoms with Crippen LogP contribution in [0.3, 0.4) is 0 Å². The molecule has 1 aliphatic rings. The van der Waals surface area contributed by atoms with Crippen molar-refractivity contribution >= 4 is 5.91 Å². The summed E-state index contributed by atoms with van der Waals surface area (Å²) in [6.07, 6.45) is 2.44. The molecule has 5 heteroatoms. The third-order valence-corrected chi connectivity index (χ3v) is 4.34. The second-order valence-electron chi connectivity index (χ2n) is 6.16. The lowest BCUT2D eigenvalue weighted by Gasteiger charge is -2.25. The van der Waals surface area contributed by atoms with Gasteiger partial charge in [0.05, 0.1) is 6.10 Å². The topological polar surface area (TPSA) is 70.0 Å². The number of nitrogens with zero attached hydrogens (tertiary/aromatic N) is 1. The zero-order valence-electron chi connectivity index (χ0n) is 13.8. The van der Waals surface area contributed by atoms with Crippen LogP contribution in [0, 0.1) is 0 Å². The molecule has 1 aromatic rings. The molecule has 2 rings (SSSR count). The number of aliphatic hydroxyl groups is 2. The summed E-state index contributed by atoms with van der Waals surface area (Å²) in [6, 6.07) is 7.83. The number of ether oxygens (including phenoxy) is 1. The van der Waals surface area contributed by atoms with E-state index in [1.807, 2.05) is 24.3 Å². The Morgan fingerprint density at radius 2 is 1.91 bits per heavy atom. The van der Waals surface area contributed by atoms with E-state index in [4.69, 9.17) is 4.74 Å². The summed E-state index contributed by atoms with van der Waals surface area (Å²) in [4.78, 5) is 13.4. The van der Waals surface area contributed by atoms with Crippen LogP contribution < -0.4 is 4.74 Å². The third kappa shape index (κ3) is 5.52. The van der Waals surface area contributed by atoms with Crippen LogP contribution in [-0.4, -0.2) is 52.9 Å². The lowest BCUT2D eigenvalue weighted by atomic mass is 10.1. The number of rotatable bonds is 0. The fourth-order valence-corrected chi connectivity index (χ4v) is 2.84. The second-order valence-corrected chi connectivity index (χ2v) is 6.16. The number of para-hydroxylation sites is 1. The van der Waals surface area contributed by atoms with Crippen LogP contribution in [0.4, 0.5) is 0 Å². The van der Waals surface area contributed by atoms with Gasteiger partial charge in [0.2, 0.25) is 5.91 Å². The van der Waals surface area contributed by atoms with Gasteiger partial charge in [-0.2, -0.15) is 0 Å². The first-order valence-corrected chi connectivity index (χ1v) is 8.40. The Labute approximate surface area is 137 Å². The molecule has 0 saturated carbocycles. The molecule has 0 unspecified atom stereocenters. The number of fused-ring (bicyclic) bond motifs is 1. The predicted octanol–water partition coefficient (Wildman–Crippen LogP) is 1.75. The highest BCUT2D eigenvalue weighted by atomic mass is 16.5. The number of aryl methyl sites for hydroxylation is 1. The number of carbonyl (C=O) groups is 1. The van der Waals surface area contributed by atoms with Crippen molar-refractivity contribution in [3.8, 4) is 5.75 Å². The molecule has 5 nitrogen and oxygen atoms in total. The van der Waals surface area contributed by atoms with E-state index >= 15 is 0 Å². The van der Waals surface area contributed by atoms with Crippen LogP contribution in [0.15, 0.2) is 24.3 Å². The maximum atomic E-state index is 11.6. The molecular formula is C18H27NO4. The number of hydrogen-bond acceptors (Lipinski definition) is 4. The minimum absolute atomic E-state index is 0.0142. The van der Waals surface area contributed by atoms with Crippen LogP contribution in [-0.2, 0) is 11.2 Å². The van der Waals surface area contributed by atoms with E-state index in [-0.39, 0.29) is 12.5 Å². The first-order chi connectivity index (χ1) is 11.1. The van der Waals surface area contributed by atoms with Gasteiger partial charge in [-0.05, 0) is 37.3 Å². The number of amides is 1. The molecular weight excluding hydrogens is 294 g/mol. The van der Waals surface area contributed by atoms with Crippen LogP contribution >= 0.6 is 0 Å². The summed E-state index contributed by atoms with van der Waals surface area (Å²) < 4.78 is 5.70. The van der Waals surface area contributed by atoms with Gasteiger partial charge >= 0.3 is 0 Å². The first kappa shape index (κ1) is 17.8. The molecule has 1 amide bonds. The van der Waals surface area contributed by atoms with Gasteiger partial charge in [0.25, 0.3) is 0 Å². The molecule has 0 bridgehead atoms. The second kappa shape index (κ2) is 8.89. The molecule has 2 N–H and O–H groups in total. The Balaban J connectivity index is 2.06. The molecule has 0 aliphatic carbocycles. The quantitative estimate of drug-likeness (QED) is 0.764. The number of aliphatic hydroxyl groups excluding tert-OH is 2. The molecule has 0 saturated heterocycles. The lowest BCUT2D eigenvalue weighted by molar-refractivity contribution is -0.129. The van der Waals surface area contributed by atoms with Gasteiger partial charge in [-0.3, -0.25) is 4.79 Å². The van der Waals surface area contributed by atoms with Crippen molar-refractivity contribution in [2.24, 2.45) is 0 Å². The molecule has 0 fully saturated rings. The molecule has 0 spiro atoms. The Hall–Kier alpha value is -1.59. The van der Waals surface area contributed by atoms with Gasteiger partial charge in [0.15, 0.2) is 0 Å². The fraction of sp³-hybridized carbons (Fsp3) is 0.611. The number of benzene rings is 1. The summed E-state index contributed by atoms with van der Waals surface area (Å²) >= 11 is 0. The van der Waals surface area contributed by atoms with Crippen molar-refractivity contribution in [2.75, 3.05) is 19.7 Å². The van der Waals surface area contributed by atoms with Gasteiger partial charge in [0.1, 0.15) is 18.5 Å². The number of carbonyl (C=O) groups excluding carboxylic acids is 1. The molecule has 23 heavy (non-hydrogen) atoms. The molecule has 128 valence electrons. The average Bonchev–Trinajstić information content (AvgIpc) is 2.54. The van der Waals surface area contributed by atoms with Crippen LogP contribution in [0.5, 0.6) is 5.75 Å². The zero-order valence-corrected chi connectivity index (χ0v) is 13.8. The van der Waals surface area contributed by atoms with Crippen molar-refractivity contribution in [1.29, 1.82) is 0 Å². The third-order valence-electron chi connectivity index (χ3n) is 4.34. The SMILES string of the molecule is CC(=O)N1CCCCCc2ccccc2OC[C@@H](O)[C@@H](O)CC1. The van der Waals surface area contributed by atoms with Gasteiger partial charge < -0.3 is 19.8 Å². The van der Waals surface area contributed by atoms with Gasteiger partial charge in [-0.25, -0.2) is 0 Å². The lowest BCUT2D eigenvalue weighted by Crippen LogP contribution is -2.37. The summed E-state index contributed by atoms with van der Waals surface area (Å²) in [6.45, 7) is 2.77. The van der Waals surface area contributed by atoms with E-state index in [2.05, 4.69) is 0 Å². The van der Waals surface area contributed by atoms with Crippen molar-refractivity contribution in [1.82, 2.24) is 4.90 Å². The zero-order chi connectivity index (χ0) is 16.7. The van der Waals surface area contributed by atoms with Crippen LogP contribution in [0.25, 0.3) is 0 Å². The highest BCUT2D eigenvalue weighted by Crippen LogP contribution is 2.21. The number of hydrogen-bond donors (Lipinski definition) is 2. The molecule has 2 atom stereocenters.